The van der Waals surface area contributed by atoms with Crippen LogP contribution in [0.3, 0.4) is 0 Å². The first-order chi connectivity index (χ1) is 10.3. The molecule has 1 aromatic heterocycles. The highest BCUT2D eigenvalue weighted by atomic mass is 19.4. The predicted molar refractivity (Wildman–Crippen MR) is 72.4 cm³/mol. The summed E-state index contributed by atoms with van der Waals surface area (Å²) in [6.07, 6.45) is -1.99. The molecule has 1 aromatic carbocycles. The van der Waals surface area contributed by atoms with Gasteiger partial charge in [-0.05, 0) is 23.8 Å². The van der Waals surface area contributed by atoms with Gasteiger partial charge in [0.05, 0.1) is 7.11 Å². The highest BCUT2D eigenvalue weighted by molar-refractivity contribution is 5.68. The maximum absolute atomic E-state index is 13.7. The molecule has 1 heterocycles. The number of nitrogens with zero attached hydrogens (tertiary/aromatic N) is 1. The minimum atomic E-state index is -4.94. The molecule has 0 bridgehead atoms. The average Bonchev–Trinajstić information content (AvgIpc) is 2.47. The first kappa shape index (κ1) is 15.8. The summed E-state index contributed by atoms with van der Waals surface area (Å²) >= 11 is 0. The van der Waals surface area contributed by atoms with Gasteiger partial charge in [-0.15, -0.1) is 13.2 Å². The first-order valence-electron chi connectivity index (χ1n) is 6.04. The van der Waals surface area contributed by atoms with Gasteiger partial charge in [0.2, 0.25) is 0 Å². The average molecular weight is 313 g/mol. The number of rotatable bonds is 4. The van der Waals surface area contributed by atoms with Gasteiger partial charge in [-0.25, -0.2) is 4.39 Å². The SMILES string of the molecule is C=C(OC)c1cncc(-c2ccc(OC(F)(F)F)c(F)c2)c1. The van der Waals surface area contributed by atoms with E-state index in [0.717, 1.165) is 12.1 Å². The molecule has 0 radical (unpaired) electrons. The van der Waals surface area contributed by atoms with Crippen molar-refractivity contribution in [2.75, 3.05) is 7.11 Å². The van der Waals surface area contributed by atoms with Crippen molar-refractivity contribution in [3.05, 3.63) is 54.6 Å². The van der Waals surface area contributed by atoms with Crippen LogP contribution in [0, 0.1) is 5.82 Å². The van der Waals surface area contributed by atoms with Gasteiger partial charge in [0, 0.05) is 23.5 Å². The molecule has 2 aromatic rings. The third-order valence-electron chi connectivity index (χ3n) is 2.80. The van der Waals surface area contributed by atoms with Gasteiger partial charge in [-0.3, -0.25) is 4.98 Å². The van der Waals surface area contributed by atoms with Gasteiger partial charge < -0.3 is 9.47 Å². The van der Waals surface area contributed by atoms with Crippen molar-refractivity contribution < 1.29 is 27.0 Å². The normalized spacial score (nSPS) is 11.1. The molecule has 0 amide bonds. The van der Waals surface area contributed by atoms with E-state index in [1.54, 1.807) is 6.07 Å². The van der Waals surface area contributed by atoms with Crippen LogP contribution in [0.4, 0.5) is 17.6 Å². The van der Waals surface area contributed by atoms with E-state index in [1.165, 1.54) is 25.6 Å². The molecular weight excluding hydrogens is 302 g/mol. The van der Waals surface area contributed by atoms with Crippen molar-refractivity contribution in [2.45, 2.75) is 6.36 Å². The second-order valence-electron chi connectivity index (χ2n) is 4.28. The third kappa shape index (κ3) is 3.75. The van der Waals surface area contributed by atoms with Gasteiger partial charge in [0.1, 0.15) is 5.76 Å². The lowest BCUT2D eigenvalue weighted by atomic mass is 10.1. The molecule has 0 saturated heterocycles. The number of alkyl halides is 3. The molecule has 2 rings (SSSR count). The molecule has 0 aliphatic rings. The zero-order valence-corrected chi connectivity index (χ0v) is 11.4. The van der Waals surface area contributed by atoms with E-state index in [0.29, 0.717) is 22.4 Å². The van der Waals surface area contributed by atoms with Crippen molar-refractivity contribution in [3.8, 4) is 16.9 Å². The van der Waals surface area contributed by atoms with Crippen molar-refractivity contribution in [1.82, 2.24) is 4.98 Å². The van der Waals surface area contributed by atoms with E-state index in [4.69, 9.17) is 4.74 Å². The molecule has 3 nitrogen and oxygen atoms in total. The van der Waals surface area contributed by atoms with Crippen molar-refractivity contribution >= 4 is 5.76 Å². The van der Waals surface area contributed by atoms with Crippen LogP contribution in [0.5, 0.6) is 5.75 Å². The van der Waals surface area contributed by atoms with E-state index < -0.39 is 17.9 Å². The Hall–Kier alpha value is -2.57. The number of pyridine rings is 1. The number of hydrogen-bond donors (Lipinski definition) is 0. The van der Waals surface area contributed by atoms with Crippen LogP contribution in [0.1, 0.15) is 5.56 Å². The topological polar surface area (TPSA) is 31.4 Å². The number of benzene rings is 1. The summed E-state index contributed by atoms with van der Waals surface area (Å²) in [5, 5.41) is 0. The van der Waals surface area contributed by atoms with Crippen LogP contribution in [-0.2, 0) is 4.74 Å². The monoisotopic (exact) mass is 313 g/mol. The zero-order valence-electron chi connectivity index (χ0n) is 11.4. The summed E-state index contributed by atoms with van der Waals surface area (Å²) in [5.41, 5.74) is 1.44. The fourth-order valence-electron chi connectivity index (χ4n) is 1.76. The van der Waals surface area contributed by atoms with Crippen LogP contribution in [-0.4, -0.2) is 18.5 Å². The van der Waals surface area contributed by atoms with Gasteiger partial charge in [0.15, 0.2) is 11.6 Å². The van der Waals surface area contributed by atoms with Gasteiger partial charge in [-0.1, -0.05) is 12.6 Å². The summed E-state index contributed by atoms with van der Waals surface area (Å²) in [7, 11) is 1.44. The summed E-state index contributed by atoms with van der Waals surface area (Å²) in [5.74, 6) is -1.64. The smallest absolute Gasteiger partial charge is 0.497 e. The molecule has 0 fully saturated rings. The van der Waals surface area contributed by atoms with Crippen LogP contribution >= 0.6 is 0 Å². The van der Waals surface area contributed by atoms with Crippen LogP contribution in [0.25, 0.3) is 16.9 Å². The Balaban J connectivity index is 2.34. The lowest BCUT2D eigenvalue weighted by Gasteiger charge is -2.11. The number of methoxy groups -OCH3 is 1. The van der Waals surface area contributed by atoms with Gasteiger partial charge in [-0.2, -0.15) is 0 Å². The maximum atomic E-state index is 13.7. The molecule has 0 N–H and O–H groups in total. The molecule has 0 unspecified atom stereocenters. The third-order valence-corrected chi connectivity index (χ3v) is 2.80. The second kappa shape index (κ2) is 6.05. The Morgan fingerprint density at radius 3 is 2.45 bits per heavy atom. The van der Waals surface area contributed by atoms with E-state index in [-0.39, 0.29) is 0 Å². The van der Waals surface area contributed by atoms with E-state index >= 15 is 0 Å². The highest BCUT2D eigenvalue weighted by Crippen LogP contribution is 2.30. The molecule has 116 valence electrons. The molecular formula is C15H11F4NO2. The van der Waals surface area contributed by atoms with Gasteiger partial charge >= 0.3 is 6.36 Å². The Labute approximate surface area is 123 Å². The molecule has 22 heavy (non-hydrogen) atoms. The predicted octanol–water partition coefficient (Wildman–Crippen LogP) is 4.40. The van der Waals surface area contributed by atoms with Crippen LogP contribution in [0.15, 0.2) is 43.2 Å². The molecule has 7 heteroatoms. The van der Waals surface area contributed by atoms with E-state index in [9.17, 15) is 17.6 Å². The number of aromatic nitrogens is 1. The molecule has 0 spiro atoms. The Morgan fingerprint density at radius 2 is 1.86 bits per heavy atom. The van der Waals surface area contributed by atoms with Crippen molar-refractivity contribution in [1.29, 1.82) is 0 Å². The Kier molecular flexibility index (Phi) is 4.35. The van der Waals surface area contributed by atoms with Crippen molar-refractivity contribution in [2.24, 2.45) is 0 Å². The number of halogens is 4. The molecule has 0 saturated carbocycles. The lowest BCUT2D eigenvalue weighted by molar-refractivity contribution is -0.275. The largest absolute Gasteiger partial charge is 0.573 e. The van der Waals surface area contributed by atoms with E-state index in [2.05, 4.69) is 16.3 Å². The number of hydrogen-bond acceptors (Lipinski definition) is 3. The van der Waals surface area contributed by atoms with Crippen molar-refractivity contribution in [3.63, 3.8) is 0 Å². The first-order valence-corrected chi connectivity index (χ1v) is 6.04. The molecule has 0 atom stereocenters. The standard InChI is InChI=1S/C15H11F4NO2/c1-9(21-2)11-5-12(8-20-7-11)10-3-4-14(13(16)6-10)22-15(17,18)19/h3-8H,1H2,2H3. The minimum absolute atomic E-state index is 0.352. The maximum Gasteiger partial charge on any atom is 0.573 e. The Morgan fingerprint density at radius 1 is 1.14 bits per heavy atom. The fraction of sp³-hybridized carbons (Fsp3) is 0.133. The highest BCUT2D eigenvalue weighted by Gasteiger charge is 2.32. The van der Waals surface area contributed by atoms with Gasteiger partial charge in [0.25, 0.3) is 0 Å². The summed E-state index contributed by atoms with van der Waals surface area (Å²) in [6, 6.07) is 4.80. The molecule has 0 aliphatic heterocycles. The van der Waals surface area contributed by atoms with E-state index in [1.807, 2.05) is 0 Å². The number of ether oxygens (including phenoxy) is 2. The summed E-state index contributed by atoms with van der Waals surface area (Å²) in [6.45, 7) is 3.67. The molecule has 0 aliphatic carbocycles. The Bertz CT molecular complexity index is 698. The van der Waals surface area contributed by atoms with Crippen LogP contribution < -0.4 is 4.74 Å². The summed E-state index contributed by atoms with van der Waals surface area (Å²) in [4.78, 5) is 3.97. The van der Waals surface area contributed by atoms with Crippen LogP contribution in [0.2, 0.25) is 0 Å². The zero-order chi connectivity index (χ0) is 16.3. The quantitative estimate of drug-likeness (QED) is 0.619. The fourth-order valence-corrected chi connectivity index (χ4v) is 1.76. The summed E-state index contributed by atoms with van der Waals surface area (Å²) < 4.78 is 58.6. The lowest BCUT2D eigenvalue weighted by Crippen LogP contribution is -2.17. The second-order valence-corrected chi connectivity index (χ2v) is 4.28. The minimum Gasteiger partial charge on any atom is -0.497 e.